The minimum absolute atomic E-state index is 0.0188. The summed E-state index contributed by atoms with van der Waals surface area (Å²) in [5.41, 5.74) is 6.21. The first-order valence-electron chi connectivity index (χ1n) is 7.89. The third kappa shape index (κ3) is 8.25. The molecule has 0 radical (unpaired) electrons. The van der Waals surface area contributed by atoms with Crippen molar-refractivity contribution in [2.75, 3.05) is 6.54 Å². The summed E-state index contributed by atoms with van der Waals surface area (Å²) in [6.45, 7) is 7.31. The second-order valence-corrected chi connectivity index (χ2v) is 7.37. The van der Waals surface area contributed by atoms with Gasteiger partial charge >= 0.3 is 0 Å². The second kappa shape index (κ2) is 7.88. The van der Waals surface area contributed by atoms with Crippen LogP contribution in [0.1, 0.15) is 72.1 Å². The zero-order chi connectivity index (χ0) is 14.3. The topological polar surface area (TPSA) is 55.1 Å². The van der Waals surface area contributed by atoms with Crippen molar-refractivity contribution in [3.05, 3.63) is 0 Å². The molecule has 1 fully saturated rings. The third-order valence-corrected chi connectivity index (χ3v) is 3.92. The van der Waals surface area contributed by atoms with Gasteiger partial charge < -0.3 is 11.1 Å². The van der Waals surface area contributed by atoms with Crippen molar-refractivity contribution in [3.63, 3.8) is 0 Å². The monoisotopic (exact) mass is 268 g/mol. The summed E-state index contributed by atoms with van der Waals surface area (Å²) < 4.78 is 0. The summed E-state index contributed by atoms with van der Waals surface area (Å²) >= 11 is 0. The van der Waals surface area contributed by atoms with Crippen molar-refractivity contribution in [2.45, 2.75) is 78.2 Å². The van der Waals surface area contributed by atoms with Crippen molar-refractivity contribution >= 4 is 5.91 Å². The van der Waals surface area contributed by atoms with E-state index in [1.165, 1.54) is 32.1 Å². The molecule has 1 saturated carbocycles. The maximum absolute atomic E-state index is 11.8. The number of nitrogens with two attached hydrogens (primary N) is 1. The van der Waals surface area contributed by atoms with E-state index in [4.69, 9.17) is 5.73 Å². The highest BCUT2D eigenvalue weighted by Gasteiger charge is 2.18. The van der Waals surface area contributed by atoms with Crippen LogP contribution < -0.4 is 11.1 Å². The van der Waals surface area contributed by atoms with E-state index in [-0.39, 0.29) is 17.4 Å². The molecular weight excluding hydrogens is 236 g/mol. The number of carbonyl (C=O) groups is 1. The van der Waals surface area contributed by atoms with Crippen LogP contribution >= 0.6 is 0 Å². The summed E-state index contributed by atoms with van der Waals surface area (Å²) in [4.78, 5) is 11.8. The molecule has 1 rings (SSSR count). The van der Waals surface area contributed by atoms with Gasteiger partial charge in [-0.2, -0.15) is 0 Å². The van der Waals surface area contributed by atoms with Gasteiger partial charge in [0.15, 0.2) is 0 Å². The first kappa shape index (κ1) is 16.5. The van der Waals surface area contributed by atoms with Crippen LogP contribution in [0, 0.1) is 11.3 Å². The molecule has 1 unspecified atom stereocenters. The average molecular weight is 268 g/mol. The predicted octanol–water partition coefficient (Wildman–Crippen LogP) is 3.23. The van der Waals surface area contributed by atoms with Gasteiger partial charge in [-0.3, -0.25) is 4.79 Å². The highest BCUT2D eigenvalue weighted by atomic mass is 16.1. The fraction of sp³-hybridized carbons (Fsp3) is 0.938. The summed E-state index contributed by atoms with van der Waals surface area (Å²) in [7, 11) is 0. The number of rotatable bonds is 6. The molecule has 19 heavy (non-hydrogen) atoms. The zero-order valence-corrected chi connectivity index (χ0v) is 13.0. The van der Waals surface area contributed by atoms with Crippen LogP contribution in [-0.2, 0) is 4.79 Å². The maximum Gasteiger partial charge on any atom is 0.221 e. The SMILES string of the molecule is CC(C)(C)CC(N)CC(=O)NCCC1CCCCC1. The Hall–Kier alpha value is -0.570. The van der Waals surface area contributed by atoms with Crippen molar-refractivity contribution < 1.29 is 4.79 Å². The Morgan fingerprint density at radius 3 is 2.47 bits per heavy atom. The van der Waals surface area contributed by atoms with E-state index < -0.39 is 0 Å². The van der Waals surface area contributed by atoms with Crippen molar-refractivity contribution in [1.82, 2.24) is 5.32 Å². The molecule has 1 atom stereocenters. The van der Waals surface area contributed by atoms with E-state index in [0.717, 1.165) is 25.3 Å². The summed E-state index contributed by atoms with van der Waals surface area (Å²) in [5.74, 6) is 0.949. The summed E-state index contributed by atoms with van der Waals surface area (Å²) in [5, 5.41) is 3.03. The molecule has 1 amide bonds. The van der Waals surface area contributed by atoms with Gasteiger partial charge in [0.2, 0.25) is 5.91 Å². The largest absolute Gasteiger partial charge is 0.356 e. The van der Waals surface area contributed by atoms with Gasteiger partial charge in [0, 0.05) is 19.0 Å². The first-order valence-corrected chi connectivity index (χ1v) is 7.89. The number of hydrogen-bond acceptors (Lipinski definition) is 2. The number of amides is 1. The van der Waals surface area contributed by atoms with Crippen LogP contribution in [0.25, 0.3) is 0 Å². The van der Waals surface area contributed by atoms with Crippen LogP contribution in [0.2, 0.25) is 0 Å². The van der Waals surface area contributed by atoms with Crippen molar-refractivity contribution in [1.29, 1.82) is 0 Å². The molecule has 1 aliphatic rings. The zero-order valence-electron chi connectivity index (χ0n) is 13.0. The predicted molar refractivity (Wildman–Crippen MR) is 80.9 cm³/mol. The van der Waals surface area contributed by atoms with Gasteiger partial charge in [-0.1, -0.05) is 52.9 Å². The molecule has 3 nitrogen and oxygen atoms in total. The van der Waals surface area contributed by atoms with E-state index in [2.05, 4.69) is 26.1 Å². The smallest absolute Gasteiger partial charge is 0.221 e. The minimum atomic E-state index is -0.0188. The Morgan fingerprint density at radius 1 is 1.26 bits per heavy atom. The maximum atomic E-state index is 11.8. The molecule has 0 saturated heterocycles. The van der Waals surface area contributed by atoms with Crippen LogP contribution in [0.4, 0.5) is 0 Å². The molecule has 3 heteroatoms. The number of carbonyl (C=O) groups excluding carboxylic acids is 1. The Bertz CT molecular complexity index is 264. The van der Waals surface area contributed by atoms with Crippen LogP contribution in [0.5, 0.6) is 0 Å². The Labute approximate surface area is 118 Å². The van der Waals surface area contributed by atoms with Crippen LogP contribution in [0.3, 0.4) is 0 Å². The van der Waals surface area contributed by atoms with Crippen molar-refractivity contribution in [3.8, 4) is 0 Å². The lowest BCUT2D eigenvalue weighted by Crippen LogP contribution is -2.35. The molecule has 0 aromatic rings. The lowest BCUT2D eigenvalue weighted by Gasteiger charge is -2.23. The molecule has 0 spiro atoms. The molecule has 0 aliphatic heterocycles. The molecule has 0 aromatic carbocycles. The van der Waals surface area contributed by atoms with Crippen LogP contribution in [-0.4, -0.2) is 18.5 Å². The van der Waals surface area contributed by atoms with E-state index >= 15 is 0 Å². The quantitative estimate of drug-likeness (QED) is 0.777. The fourth-order valence-corrected chi connectivity index (χ4v) is 3.06. The number of hydrogen-bond donors (Lipinski definition) is 2. The molecule has 0 aromatic heterocycles. The molecule has 1 aliphatic carbocycles. The van der Waals surface area contributed by atoms with Crippen molar-refractivity contribution in [2.24, 2.45) is 17.1 Å². The molecule has 112 valence electrons. The van der Waals surface area contributed by atoms with Gasteiger partial charge in [0.25, 0.3) is 0 Å². The van der Waals surface area contributed by atoms with E-state index in [0.29, 0.717) is 6.42 Å². The number of nitrogens with one attached hydrogen (secondary N) is 1. The third-order valence-electron chi connectivity index (χ3n) is 3.92. The summed E-state index contributed by atoms with van der Waals surface area (Å²) in [6.07, 6.45) is 9.32. The Kier molecular flexibility index (Phi) is 6.84. The standard InChI is InChI=1S/C16H32N2O/c1-16(2,3)12-14(17)11-15(19)18-10-9-13-7-5-4-6-8-13/h13-14H,4-12,17H2,1-3H3,(H,18,19). The fourth-order valence-electron chi connectivity index (χ4n) is 3.06. The van der Waals surface area contributed by atoms with Gasteiger partial charge in [-0.15, -0.1) is 0 Å². The highest BCUT2D eigenvalue weighted by molar-refractivity contribution is 5.76. The molecule has 0 heterocycles. The molecular formula is C16H32N2O. The van der Waals surface area contributed by atoms with Gasteiger partial charge in [-0.05, 0) is 24.2 Å². The second-order valence-electron chi connectivity index (χ2n) is 7.37. The lowest BCUT2D eigenvalue weighted by molar-refractivity contribution is -0.121. The first-order chi connectivity index (χ1) is 8.87. The van der Waals surface area contributed by atoms with E-state index in [1.54, 1.807) is 0 Å². The van der Waals surface area contributed by atoms with E-state index in [9.17, 15) is 4.79 Å². The highest BCUT2D eigenvalue weighted by Crippen LogP contribution is 2.25. The van der Waals surface area contributed by atoms with Gasteiger partial charge in [0.05, 0.1) is 0 Å². The normalized spacial score (nSPS) is 19.2. The lowest BCUT2D eigenvalue weighted by atomic mass is 9.87. The average Bonchev–Trinajstić information content (AvgIpc) is 2.27. The van der Waals surface area contributed by atoms with Crippen LogP contribution in [0.15, 0.2) is 0 Å². The van der Waals surface area contributed by atoms with E-state index in [1.807, 2.05) is 0 Å². The molecule has 3 N–H and O–H groups in total. The summed E-state index contributed by atoms with van der Waals surface area (Å²) in [6, 6.07) is -0.0188. The van der Waals surface area contributed by atoms with Gasteiger partial charge in [-0.25, -0.2) is 0 Å². The Balaban J connectivity index is 2.10. The van der Waals surface area contributed by atoms with Gasteiger partial charge in [0.1, 0.15) is 0 Å². The minimum Gasteiger partial charge on any atom is -0.356 e. The molecule has 0 bridgehead atoms. The Morgan fingerprint density at radius 2 is 1.89 bits per heavy atom.